The summed E-state index contributed by atoms with van der Waals surface area (Å²) in [7, 11) is 1.65. The van der Waals surface area contributed by atoms with Gasteiger partial charge in [-0.15, -0.1) is 0 Å². The van der Waals surface area contributed by atoms with E-state index in [4.69, 9.17) is 21.1 Å². The number of piperidine rings is 1. The molecule has 0 radical (unpaired) electrons. The second-order valence-corrected chi connectivity index (χ2v) is 14.7. The molecule has 1 aliphatic heterocycles. The Hall–Kier alpha value is -4.21. The summed E-state index contributed by atoms with van der Waals surface area (Å²) in [6.07, 6.45) is -0.150. The fraction of sp³-hybridized carbons (Fsp3) is 0.371. The first-order valence-corrected chi connectivity index (χ1v) is 17.7. The largest absolute Gasteiger partial charge is 0.497 e. The van der Waals surface area contributed by atoms with E-state index in [1.165, 1.54) is 32.5 Å². The van der Waals surface area contributed by atoms with Gasteiger partial charge in [0.25, 0.3) is 10.0 Å². The summed E-state index contributed by atoms with van der Waals surface area (Å²) in [4.78, 5) is 10.5. The van der Waals surface area contributed by atoms with Crippen LogP contribution >= 0.6 is 11.6 Å². The van der Waals surface area contributed by atoms with Crippen LogP contribution in [0.15, 0.2) is 72.0 Å². The number of halogens is 6. The number of alkyl halides is 3. The molecule has 0 aliphatic carbocycles. The van der Waals surface area contributed by atoms with E-state index in [1.54, 1.807) is 29.2 Å². The van der Waals surface area contributed by atoms with Gasteiger partial charge >= 0.3 is 6.18 Å². The number of aromatic nitrogens is 2. The first-order chi connectivity index (χ1) is 24.1. The molecular formula is C35H37ClF5N5O4S. The summed E-state index contributed by atoms with van der Waals surface area (Å²) in [6.45, 7) is 0.321. The molecule has 0 saturated carbocycles. The van der Waals surface area contributed by atoms with Gasteiger partial charge in [0.1, 0.15) is 35.3 Å². The van der Waals surface area contributed by atoms with Gasteiger partial charge in [0.05, 0.1) is 31.4 Å². The molecule has 5 rings (SSSR count). The zero-order valence-corrected chi connectivity index (χ0v) is 29.9. The number of rotatable bonds is 12. The second-order valence-electron chi connectivity index (χ2n) is 12.5. The molecule has 9 nitrogen and oxygen atoms in total. The van der Waals surface area contributed by atoms with E-state index in [-0.39, 0.29) is 35.4 Å². The van der Waals surface area contributed by atoms with Gasteiger partial charge < -0.3 is 19.3 Å². The maximum absolute atomic E-state index is 16.0. The van der Waals surface area contributed by atoms with Crippen molar-refractivity contribution in [1.29, 1.82) is 0 Å². The van der Waals surface area contributed by atoms with Crippen molar-refractivity contribution in [1.82, 2.24) is 14.9 Å². The van der Waals surface area contributed by atoms with E-state index in [2.05, 4.69) is 9.97 Å². The number of hydrogen-bond acceptors (Lipinski definition) is 8. The normalized spacial score (nSPS) is 16.7. The molecule has 0 N–H and O–H groups in total. The van der Waals surface area contributed by atoms with Crippen LogP contribution in [-0.4, -0.2) is 70.2 Å². The van der Waals surface area contributed by atoms with Crippen LogP contribution in [0.5, 0.6) is 11.5 Å². The predicted octanol–water partition coefficient (Wildman–Crippen LogP) is 7.37. The summed E-state index contributed by atoms with van der Waals surface area (Å²) >= 11 is 5.82. The molecule has 51 heavy (non-hydrogen) atoms. The van der Waals surface area contributed by atoms with Crippen LogP contribution in [0.2, 0.25) is 5.02 Å². The lowest BCUT2D eigenvalue weighted by molar-refractivity contribution is -0.137. The predicted molar refractivity (Wildman–Crippen MR) is 184 cm³/mol. The van der Waals surface area contributed by atoms with Gasteiger partial charge in [-0.25, -0.2) is 31.5 Å². The van der Waals surface area contributed by atoms with E-state index >= 15 is 8.78 Å². The Morgan fingerprint density at radius 1 is 1.00 bits per heavy atom. The van der Waals surface area contributed by atoms with Crippen LogP contribution in [0.4, 0.5) is 33.5 Å². The number of nitrogens with zero attached hydrogens (tertiary/aromatic N) is 5. The van der Waals surface area contributed by atoms with Gasteiger partial charge in [0, 0.05) is 48.2 Å². The van der Waals surface area contributed by atoms with Gasteiger partial charge in [0.15, 0.2) is 4.90 Å². The fourth-order valence-corrected chi connectivity index (χ4v) is 8.11. The van der Waals surface area contributed by atoms with Crippen LogP contribution in [0.25, 0.3) is 0 Å². The van der Waals surface area contributed by atoms with Crippen LogP contribution in [-0.2, 0) is 29.2 Å². The Morgan fingerprint density at radius 2 is 1.73 bits per heavy atom. The number of sulfonamides is 1. The molecule has 1 fully saturated rings. The Kier molecular flexibility index (Phi) is 11.3. The lowest BCUT2D eigenvalue weighted by Crippen LogP contribution is -2.56. The molecule has 3 aromatic carbocycles. The van der Waals surface area contributed by atoms with Crippen molar-refractivity contribution >= 4 is 33.1 Å². The van der Waals surface area contributed by atoms with Gasteiger partial charge in [-0.3, -0.25) is 0 Å². The second kappa shape index (κ2) is 15.2. The highest BCUT2D eigenvalue weighted by atomic mass is 35.5. The van der Waals surface area contributed by atoms with E-state index in [0.717, 1.165) is 28.8 Å². The van der Waals surface area contributed by atoms with Crippen LogP contribution in [0.3, 0.4) is 0 Å². The number of benzene rings is 3. The standard InChI is InChI=1S/C35H37ClF5N5O4S/c1-44(2)34(13-10-23-6-9-28(36)27(16-23)35(39,40)41)12-5-15-45(21-34)25-17-29(37)33(30(38)18-25)51(47,48)46(32-11-14-42-22-43-32)20-24-7-8-26(49-3)19-31(24)50-4/h6-9,11,14,16-19,22H,5,10,12-13,15,20-21H2,1-4H3. The first-order valence-electron chi connectivity index (χ1n) is 15.9. The number of anilines is 2. The van der Waals surface area contributed by atoms with Crippen molar-refractivity contribution in [2.24, 2.45) is 0 Å². The zero-order chi connectivity index (χ0) is 37.1. The summed E-state index contributed by atoms with van der Waals surface area (Å²) < 4.78 is 112. The molecule has 0 amide bonds. The van der Waals surface area contributed by atoms with Crippen LogP contribution in [0.1, 0.15) is 36.0 Å². The number of ether oxygens (including phenoxy) is 2. The molecule has 1 saturated heterocycles. The SMILES string of the molecule is COc1ccc(CN(c2ccncn2)S(=O)(=O)c2c(F)cc(N3CCCC(CCc4ccc(Cl)c(C(F)(F)F)c4)(N(C)C)C3)cc2F)c(OC)c1. The number of methoxy groups -OCH3 is 2. The average Bonchev–Trinajstić information content (AvgIpc) is 3.09. The van der Waals surface area contributed by atoms with Crippen molar-refractivity contribution in [3.05, 3.63) is 100 Å². The molecule has 274 valence electrons. The molecule has 0 spiro atoms. The third kappa shape index (κ3) is 8.15. The quantitative estimate of drug-likeness (QED) is 0.139. The number of aryl methyl sites for hydroxylation is 1. The number of hydrogen-bond donors (Lipinski definition) is 0. The topological polar surface area (TPSA) is 88.1 Å². The third-order valence-corrected chi connectivity index (χ3v) is 11.4. The van der Waals surface area contributed by atoms with E-state index < -0.39 is 43.8 Å². The lowest BCUT2D eigenvalue weighted by Gasteiger charge is -2.48. The number of likely N-dealkylation sites (N-methyl/N-ethyl adjacent to an activating group) is 1. The Balaban J connectivity index is 1.45. The van der Waals surface area contributed by atoms with Crippen molar-refractivity contribution in [3.8, 4) is 11.5 Å². The smallest absolute Gasteiger partial charge is 0.417 e. The third-order valence-electron chi connectivity index (χ3n) is 9.25. The molecule has 2 heterocycles. The Morgan fingerprint density at radius 3 is 2.33 bits per heavy atom. The Bertz CT molecular complexity index is 1950. The van der Waals surface area contributed by atoms with Crippen molar-refractivity contribution < 1.29 is 39.8 Å². The zero-order valence-electron chi connectivity index (χ0n) is 28.3. The Labute approximate surface area is 298 Å². The monoisotopic (exact) mass is 753 g/mol. The van der Waals surface area contributed by atoms with E-state index in [9.17, 15) is 21.6 Å². The van der Waals surface area contributed by atoms with Gasteiger partial charge in [0.2, 0.25) is 0 Å². The van der Waals surface area contributed by atoms with Crippen molar-refractivity contribution in [3.63, 3.8) is 0 Å². The van der Waals surface area contributed by atoms with E-state index in [0.29, 0.717) is 49.1 Å². The minimum atomic E-state index is -4.90. The first kappa shape index (κ1) is 38.0. The highest BCUT2D eigenvalue weighted by Crippen LogP contribution is 2.39. The summed E-state index contributed by atoms with van der Waals surface area (Å²) in [5, 5.41) is -0.382. The molecule has 1 aliphatic rings. The molecular weight excluding hydrogens is 717 g/mol. The van der Waals surface area contributed by atoms with Gasteiger partial charge in [-0.2, -0.15) is 13.2 Å². The van der Waals surface area contributed by atoms with Crippen molar-refractivity contribution in [2.45, 2.75) is 48.8 Å². The maximum atomic E-state index is 16.0. The molecule has 16 heteroatoms. The van der Waals surface area contributed by atoms with Crippen LogP contribution in [0, 0.1) is 11.6 Å². The highest BCUT2D eigenvalue weighted by Gasteiger charge is 2.40. The minimum Gasteiger partial charge on any atom is -0.497 e. The molecule has 1 atom stereocenters. The van der Waals surface area contributed by atoms with Gasteiger partial charge in [-0.1, -0.05) is 17.7 Å². The summed E-state index contributed by atoms with van der Waals surface area (Å²) in [5.41, 5.74) is -0.522. The van der Waals surface area contributed by atoms with Crippen molar-refractivity contribution in [2.75, 3.05) is 50.6 Å². The fourth-order valence-electron chi connectivity index (χ4n) is 6.39. The average molecular weight is 754 g/mol. The van der Waals surface area contributed by atoms with E-state index in [1.807, 2.05) is 19.0 Å². The van der Waals surface area contributed by atoms with Crippen LogP contribution < -0.4 is 18.7 Å². The molecule has 0 bridgehead atoms. The summed E-state index contributed by atoms with van der Waals surface area (Å²) in [6, 6.07) is 11.8. The maximum Gasteiger partial charge on any atom is 0.417 e. The minimum absolute atomic E-state index is 0.124. The summed E-state index contributed by atoms with van der Waals surface area (Å²) in [5.74, 6) is -1.98. The van der Waals surface area contributed by atoms with Gasteiger partial charge in [-0.05, 0) is 81.7 Å². The molecule has 4 aromatic rings. The highest BCUT2D eigenvalue weighted by molar-refractivity contribution is 7.92. The molecule has 1 aromatic heterocycles. The molecule has 1 unspecified atom stereocenters. The lowest BCUT2D eigenvalue weighted by atomic mass is 9.82.